The van der Waals surface area contributed by atoms with E-state index in [4.69, 9.17) is 10.7 Å². The number of nitriles is 1. The van der Waals surface area contributed by atoms with Crippen LogP contribution >= 0.6 is 0 Å². The molecule has 0 spiro atoms. The van der Waals surface area contributed by atoms with Gasteiger partial charge in [0.15, 0.2) is 0 Å². The Hall–Kier alpha value is -3.75. The molecule has 0 atom stereocenters. The summed E-state index contributed by atoms with van der Waals surface area (Å²) in [6.07, 6.45) is 17.4. The SMILES string of the molecule is CCC\C=C/C=C\C=C(/C)c1cn(Cc2cc(C#N)ccc2-c2ccc(CCN)cn2)c(C)n1. The number of aryl methyl sites for hydroxylation is 1. The molecule has 174 valence electrons. The largest absolute Gasteiger partial charge is 0.330 e. The summed E-state index contributed by atoms with van der Waals surface area (Å²) < 4.78 is 2.13. The fourth-order valence-electron chi connectivity index (χ4n) is 3.68. The second-order valence-corrected chi connectivity index (χ2v) is 8.33. The van der Waals surface area contributed by atoms with E-state index in [0.717, 1.165) is 58.7 Å². The molecule has 0 aliphatic heterocycles. The molecule has 2 N–H and O–H groups in total. The molecule has 0 unspecified atom stereocenters. The molecule has 5 nitrogen and oxygen atoms in total. The van der Waals surface area contributed by atoms with E-state index in [0.29, 0.717) is 18.7 Å². The monoisotopic (exact) mass is 451 g/mol. The average Bonchev–Trinajstić information content (AvgIpc) is 3.22. The molecule has 0 radical (unpaired) electrons. The van der Waals surface area contributed by atoms with E-state index in [2.05, 4.69) is 66.0 Å². The maximum Gasteiger partial charge on any atom is 0.106 e. The molecule has 2 heterocycles. The van der Waals surface area contributed by atoms with Gasteiger partial charge in [0, 0.05) is 24.5 Å². The van der Waals surface area contributed by atoms with E-state index >= 15 is 0 Å². The molecule has 3 aromatic rings. The molecule has 3 rings (SSSR count). The Kier molecular flexibility index (Phi) is 9.13. The first-order valence-corrected chi connectivity index (χ1v) is 11.8. The molecule has 1 aromatic carbocycles. The molecule has 0 fully saturated rings. The Bertz CT molecular complexity index is 1220. The normalized spacial score (nSPS) is 12.0. The number of nitrogens with two attached hydrogens (primary N) is 1. The van der Waals surface area contributed by atoms with Crippen LogP contribution in [0.4, 0.5) is 0 Å². The highest BCUT2D eigenvalue weighted by Crippen LogP contribution is 2.25. The highest BCUT2D eigenvalue weighted by atomic mass is 15.1. The highest BCUT2D eigenvalue weighted by molar-refractivity contribution is 5.66. The predicted octanol–water partition coefficient (Wildman–Crippen LogP) is 5.99. The van der Waals surface area contributed by atoms with Gasteiger partial charge < -0.3 is 10.3 Å². The van der Waals surface area contributed by atoms with Crippen LogP contribution in [0.5, 0.6) is 0 Å². The van der Waals surface area contributed by atoms with Gasteiger partial charge in [0.1, 0.15) is 5.82 Å². The smallest absolute Gasteiger partial charge is 0.106 e. The number of aromatic nitrogens is 3. The first-order chi connectivity index (χ1) is 16.5. The lowest BCUT2D eigenvalue weighted by Crippen LogP contribution is -2.04. The van der Waals surface area contributed by atoms with Crippen LogP contribution in [0.3, 0.4) is 0 Å². The lowest BCUT2D eigenvalue weighted by molar-refractivity contribution is 0.762. The van der Waals surface area contributed by atoms with Crippen LogP contribution in [0.15, 0.2) is 73.1 Å². The average molecular weight is 452 g/mol. The minimum atomic E-state index is 0.602. The van der Waals surface area contributed by atoms with E-state index in [9.17, 15) is 5.26 Å². The molecule has 0 bridgehead atoms. The van der Waals surface area contributed by atoms with Crippen LogP contribution in [0.25, 0.3) is 16.8 Å². The van der Waals surface area contributed by atoms with Crippen molar-refractivity contribution in [1.82, 2.24) is 14.5 Å². The molecule has 0 aliphatic carbocycles. The van der Waals surface area contributed by atoms with E-state index < -0.39 is 0 Å². The number of rotatable bonds is 10. The van der Waals surface area contributed by atoms with Gasteiger partial charge in [-0.2, -0.15) is 5.26 Å². The first kappa shape index (κ1) is 24.9. The van der Waals surface area contributed by atoms with Gasteiger partial charge in [-0.3, -0.25) is 4.98 Å². The minimum absolute atomic E-state index is 0.602. The van der Waals surface area contributed by atoms with Crippen LogP contribution in [0.1, 0.15) is 54.9 Å². The van der Waals surface area contributed by atoms with Gasteiger partial charge in [0.25, 0.3) is 0 Å². The number of benzene rings is 1. The van der Waals surface area contributed by atoms with Crippen molar-refractivity contribution in [3.05, 3.63) is 101 Å². The van der Waals surface area contributed by atoms with Crippen molar-refractivity contribution in [2.24, 2.45) is 5.73 Å². The van der Waals surface area contributed by atoms with Gasteiger partial charge in [-0.25, -0.2) is 4.98 Å². The second kappa shape index (κ2) is 12.5. The summed E-state index contributed by atoms with van der Waals surface area (Å²) in [5, 5.41) is 9.45. The van der Waals surface area contributed by atoms with Gasteiger partial charge in [0.2, 0.25) is 0 Å². The summed E-state index contributed by atoms with van der Waals surface area (Å²) >= 11 is 0. The zero-order valence-electron chi connectivity index (χ0n) is 20.3. The molecule has 0 saturated heterocycles. The Morgan fingerprint density at radius 3 is 2.74 bits per heavy atom. The van der Waals surface area contributed by atoms with Crippen molar-refractivity contribution in [3.8, 4) is 17.3 Å². The molecule has 0 aliphatic rings. The number of pyridine rings is 1. The third-order valence-electron chi connectivity index (χ3n) is 5.65. The predicted molar refractivity (Wildman–Crippen MR) is 140 cm³/mol. The number of unbranched alkanes of at least 4 members (excludes halogenated alkanes) is 1. The molecule has 2 aromatic heterocycles. The molecule has 34 heavy (non-hydrogen) atoms. The van der Waals surface area contributed by atoms with Crippen molar-refractivity contribution in [2.45, 2.75) is 46.6 Å². The molecular formula is C29H33N5. The van der Waals surface area contributed by atoms with Crippen LogP contribution < -0.4 is 5.73 Å². The van der Waals surface area contributed by atoms with Crippen molar-refractivity contribution in [2.75, 3.05) is 6.54 Å². The summed E-state index contributed by atoms with van der Waals surface area (Å²) in [5.41, 5.74) is 12.4. The third-order valence-corrected chi connectivity index (χ3v) is 5.65. The second-order valence-electron chi connectivity index (χ2n) is 8.33. The molecule has 5 heteroatoms. The number of allylic oxidation sites excluding steroid dienone is 6. The maximum absolute atomic E-state index is 9.45. The van der Waals surface area contributed by atoms with Crippen LogP contribution in [0.2, 0.25) is 0 Å². The van der Waals surface area contributed by atoms with E-state index in [-0.39, 0.29) is 0 Å². The van der Waals surface area contributed by atoms with Gasteiger partial charge in [-0.1, -0.05) is 55.9 Å². The van der Waals surface area contributed by atoms with Crippen molar-refractivity contribution in [1.29, 1.82) is 5.26 Å². The number of hydrogen-bond donors (Lipinski definition) is 1. The number of hydrogen-bond acceptors (Lipinski definition) is 4. The lowest BCUT2D eigenvalue weighted by Gasteiger charge is -2.12. The summed E-state index contributed by atoms with van der Waals surface area (Å²) in [6.45, 7) is 7.46. The minimum Gasteiger partial charge on any atom is -0.330 e. The Morgan fingerprint density at radius 2 is 2.03 bits per heavy atom. The molecule has 0 saturated carbocycles. The van der Waals surface area contributed by atoms with Gasteiger partial charge in [0.05, 0.1) is 23.0 Å². The summed E-state index contributed by atoms with van der Waals surface area (Å²) in [5.74, 6) is 0.925. The molecular weight excluding hydrogens is 418 g/mol. The Balaban J connectivity index is 1.86. The summed E-state index contributed by atoms with van der Waals surface area (Å²) in [4.78, 5) is 9.42. The zero-order chi connectivity index (χ0) is 24.3. The Labute approximate surface area is 203 Å². The quantitative estimate of drug-likeness (QED) is 0.384. The Morgan fingerprint density at radius 1 is 1.18 bits per heavy atom. The van der Waals surface area contributed by atoms with Crippen LogP contribution in [0, 0.1) is 18.3 Å². The fourth-order valence-corrected chi connectivity index (χ4v) is 3.68. The van der Waals surface area contributed by atoms with Crippen molar-refractivity contribution >= 4 is 5.57 Å². The van der Waals surface area contributed by atoms with Gasteiger partial charge >= 0.3 is 0 Å². The fraction of sp³-hybridized carbons (Fsp3) is 0.276. The number of nitrogens with zero attached hydrogens (tertiary/aromatic N) is 4. The zero-order valence-corrected chi connectivity index (χ0v) is 20.3. The number of imidazole rings is 1. The van der Waals surface area contributed by atoms with E-state index in [1.165, 1.54) is 0 Å². The third kappa shape index (κ3) is 6.63. The topological polar surface area (TPSA) is 80.5 Å². The van der Waals surface area contributed by atoms with Gasteiger partial charge in [-0.15, -0.1) is 0 Å². The lowest BCUT2D eigenvalue weighted by atomic mass is 10.0. The van der Waals surface area contributed by atoms with E-state index in [1.54, 1.807) is 0 Å². The maximum atomic E-state index is 9.45. The summed E-state index contributed by atoms with van der Waals surface area (Å²) in [7, 11) is 0. The van der Waals surface area contributed by atoms with E-state index in [1.807, 2.05) is 43.5 Å². The first-order valence-electron chi connectivity index (χ1n) is 11.8. The van der Waals surface area contributed by atoms with Crippen LogP contribution in [-0.2, 0) is 13.0 Å². The van der Waals surface area contributed by atoms with Crippen molar-refractivity contribution < 1.29 is 0 Å². The standard InChI is InChI=1S/C29H33N5/c1-4-5-6-7-8-9-10-22(2)29-21-34(23(3)33-29)20-26-17-25(18-31)11-13-27(26)28-14-12-24(15-16-30)19-32-28/h6-14,17,19,21H,4-5,15-16,20,30H2,1-3H3/b7-6-,9-8-,22-10+. The van der Waals surface area contributed by atoms with Crippen LogP contribution in [-0.4, -0.2) is 21.1 Å². The summed E-state index contributed by atoms with van der Waals surface area (Å²) in [6, 6.07) is 12.1. The highest BCUT2D eigenvalue weighted by Gasteiger charge is 2.12. The van der Waals surface area contributed by atoms with Crippen molar-refractivity contribution in [3.63, 3.8) is 0 Å². The van der Waals surface area contributed by atoms with Gasteiger partial charge in [-0.05, 0) is 68.1 Å². The molecule has 0 amide bonds.